The zero-order valence-electron chi connectivity index (χ0n) is 13.1. The maximum absolute atomic E-state index is 13.4. The van der Waals surface area contributed by atoms with E-state index in [1.807, 2.05) is 13.8 Å². The van der Waals surface area contributed by atoms with Gasteiger partial charge in [-0.1, -0.05) is 6.07 Å². The van der Waals surface area contributed by atoms with E-state index in [2.05, 4.69) is 0 Å². The van der Waals surface area contributed by atoms with Gasteiger partial charge >= 0.3 is 0 Å². The maximum atomic E-state index is 13.4. The fraction of sp³-hybridized carbons (Fsp3) is 0.188. The number of amides is 1. The number of carbonyl (C=O) groups is 1. The Labute approximate surface area is 139 Å². The second-order valence-corrected chi connectivity index (χ2v) is 5.15. The SMILES string of the molecule is Cc1ccc(OCC(=O)NNc2c(F)c(F)c(F)c(F)c2F)cc1C. The first-order valence-electron chi connectivity index (χ1n) is 6.98. The number of rotatable bonds is 5. The van der Waals surface area contributed by atoms with Gasteiger partial charge < -0.3 is 4.74 Å². The molecule has 2 rings (SSSR count). The van der Waals surface area contributed by atoms with E-state index in [0.29, 0.717) is 5.75 Å². The van der Waals surface area contributed by atoms with Crippen LogP contribution in [-0.2, 0) is 4.79 Å². The van der Waals surface area contributed by atoms with Crippen LogP contribution in [0.2, 0.25) is 0 Å². The molecule has 0 aliphatic carbocycles. The van der Waals surface area contributed by atoms with Gasteiger partial charge in [-0.2, -0.15) is 0 Å². The average Bonchev–Trinajstić information content (AvgIpc) is 2.59. The molecule has 0 saturated carbocycles. The second kappa shape index (κ2) is 7.37. The Morgan fingerprint density at radius 1 is 0.920 bits per heavy atom. The van der Waals surface area contributed by atoms with E-state index < -0.39 is 47.3 Å². The van der Waals surface area contributed by atoms with E-state index in [-0.39, 0.29) is 0 Å². The molecule has 0 unspecified atom stereocenters. The van der Waals surface area contributed by atoms with E-state index >= 15 is 0 Å². The summed E-state index contributed by atoms with van der Waals surface area (Å²) >= 11 is 0. The quantitative estimate of drug-likeness (QED) is 0.371. The van der Waals surface area contributed by atoms with Gasteiger partial charge in [0.25, 0.3) is 5.91 Å². The van der Waals surface area contributed by atoms with Crippen LogP contribution in [0.1, 0.15) is 11.1 Å². The highest BCUT2D eigenvalue weighted by atomic mass is 19.2. The predicted octanol–water partition coefficient (Wildman–Crippen LogP) is 3.52. The number of hydrazine groups is 1. The third-order valence-corrected chi connectivity index (χ3v) is 3.39. The summed E-state index contributed by atoms with van der Waals surface area (Å²) in [4.78, 5) is 11.6. The molecule has 0 fully saturated rings. The lowest BCUT2D eigenvalue weighted by atomic mass is 10.1. The Morgan fingerprint density at radius 2 is 1.48 bits per heavy atom. The van der Waals surface area contributed by atoms with Crippen molar-refractivity contribution in [2.45, 2.75) is 13.8 Å². The molecule has 9 heteroatoms. The smallest absolute Gasteiger partial charge is 0.276 e. The Balaban J connectivity index is 2.00. The number of hydrogen-bond donors (Lipinski definition) is 2. The van der Waals surface area contributed by atoms with E-state index in [1.54, 1.807) is 29.1 Å². The largest absolute Gasteiger partial charge is 0.484 e. The van der Waals surface area contributed by atoms with Crippen LogP contribution in [0.15, 0.2) is 18.2 Å². The molecular formula is C16H13F5N2O2. The van der Waals surface area contributed by atoms with Crippen LogP contribution in [0.5, 0.6) is 5.75 Å². The van der Waals surface area contributed by atoms with Crippen molar-refractivity contribution in [3.05, 3.63) is 58.4 Å². The molecule has 25 heavy (non-hydrogen) atoms. The van der Waals surface area contributed by atoms with Crippen LogP contribution >= 0.6 is 0 Å². The number of ether oxygens (including phenoxy) is 1. The van der Waals surface area contributed by atoms with E-state index in [4.69, 9.17) is 4.74 Å². The molecule has 2 aromatic rings. The van der Waals surface area contributed by atoms with Gasteiger partial charge in [0.05, 0.1) is 0 Å². The third-order valence-electron chi connectivity index (χ3n) is 3.39. The number of nitrogens with one attached hydrogen (secondary N) is 2. The molecular weight excluding hydrogens is 347 g/mol. The molecule has 1 amide bonds. The second-order valence-electron chi connectivity index (χ2n) is 5.15. The summed E-state index contributed by atoms with van der Waals surface area (Å²) in [5, 5.41) is 0. The zero-order chi connectivity index (χ0) is 18.7. The fourth-order valence-corrected chi connectivity index (χ4v) is 1.84. The number of halogens is 5. The normalized spacial score (nSPS) is 10.5. The molecule has 134 valence electrons. The van der Waals surface area contributed by atoms with Crippen LogP contribution in [-0.4, -0.2) is 12.5 Å². The maximum Gasteiger partial charge on any atom is 0.276 e. The van der Waals surface area contributed by atoms with Crippen molar-refractivity contribution >= 4 is 11.6 Å². The van der Waals surface area contributed by atoms with Crippen LogP contribution in [0.3, 0.4) is 0 Å². The first-order valence-corrected chi connectivity index (χ1v) is 6.98. The molecule has 2 N–H and O–H groups in total. The van der Waals surface area contributed by atoms with E-state index in [0.717, 1.165) is 11.1 Å². The monoisotopic (exact) mass is 360 g/mol. The highest BCUT2D eigenvalue weighted by molar-refractivity contribution is 5.79. The highest BCUT2D eigenvalue weighted by Gasteiger charge is 2.26. The van der Waals surface area contributed by atoms with Crippen molar-refractivity contribution in [3.63, 3.8) is 0 Å². The first-order chi connectivity index (χ1) is 11.7. The molecule has 2 aromatic carbocycles. The number of carbonyl (C=O) groups excluding carboxylic acids is 1. The van der Waals surface area contributed by atoms with E-state index in [1.165, 1.54) is 0 Å². The third kappa shape index (κ3) is 3.98. The first kappa shape index (κ1) is 18.5. The Hall–Kier alpha value is -2.84. The minimum Gasteiger partial charge on any atom is -0.484 e. The van der Waals surface area contributed by atoms with E-state index in [9.17, 15) is 26.7 Å². The lowest BCUT2D eigenvalue weighted by Gasteiger charge is -2.12. The summed E-state index contributed by atoms with van der Waals surface area (Å²) in [6, 6.07) is 5.07. The number of benzene rings is 2. The Kier molecular flexibility index (Phi) is 5.45. The van der Waals surface area contributed by atoms with Gasteiger partial charge in [-0.05, 0) is 37.1 Å². The number of anilines is 1. The van der Waals surface area contributed by atoms with Crippen molar-refractivity contribution in [1.29, 1.82) is 0 Å². The van der Waals surface area contributed by atoms with Crippen LogP contribution in [0, 0.1) is 42.9 Å². The molecule has 0 bridgehead atoms. The number of hydrogen-bond acceptors (Lipinski definition) is 3. The van der Waals surface area contributed by atoms with Crippen molar-refractivity contribution < 1.29 is 31.5 Å². The van der Waals surface area contributed by atoms with Crippen LogP contribution < -0.4 is 15.6 Å². The highest BCUT2D eigenvalue weighted by Crippen LogP contribution is 2.26. The van der Waals surface area contributed by atoms with Crippen molar-refractivity contribution in [2.24, 2.45) is 0 Å². The molecule has 4 nitrogen and oxygen atoms in total. The lowest BCUT2D eigenvalue weighted by molar-refractivity contribution is -0.122. The Bertz CT molecular complexity index is 798. The molecule has 0 radical (unpaired) electrons. The number of aryl methyl sites for hydroxylation is 2. The molecule has 0 atom stereocenters. The van der Waals surface area contributed by atoms with Gasteiger partial charge in [-0.3, -0.25) is 15.6 Å². The van der Waals surface area contributed by atoms with Gasteiger partial charge in [0.15, 0.2) is 29.9 Å². The average molecular weight is 360 g/mol. The van der Waals surface area contributed by atoms with Gasteiger partial charge in [0.2, 0.25) is 5.82 Å². The molecule has 0 aliphatic rings. The topological polar surface area (TPSA) is 50.4 Å². The summed E-state index contributed by atoms with van der Waals surface area (Å²) in [7, 11) is 0. The summed E-state index contributed by atoms with van der Waals surface area (Å²) in [5.74, 6) is -11.2. The molecule has 0 aromatic heterocycles. The van der Waals surface area contributed by atoms with Crippen molar-refractivity contribution in [1.82, 2.24) is 5.43 Å². The van der Waals surface area contributed by atoms with Crippen LogP contribution in [0.25, 0.3) is 0 Å². The standard InChI is InChI=1S/C16H13F5N2O2/c1-7-3-4-9(5-8(7)2)25-6-10(24)22-23-16-14(20)12(18)11(17)13(19)15(16)21/h3-5,23H,6H2,1-2H3,(H,22,24). The zero-order valence-corrected chi connectivity index (χ0v) is 13.1. The van der Waals surface area contributed by atoms with Gasteiger partial charge in [-0.25, -0.2) is 22.0 Å². The van der Waals surface area contributed by atoms with Crippen molar-refractivity contribution in [3.8, 4) is 5.75 Å². The summed E-state index contributed by atoms with van der Waals surface area (Å²) in [6.07, 6.45) is 0. The Morgan fingerprint density at radius 3 is 2.04 bits per heavy atom. The molecule has 0 spiro atoms. The van der Waals surface area contributed by atoms with Crippen molar-refractivity contribution in [2.75, 3.05) is 12.0 Å². The minimum absolute atomic E-state index is 0.384. The fourth-order valence-electron chi connectivity index (χ4n) is 1.84. The predicted molar refractivity (Wildman–Crippen MR) is 79.4 cm³/mol. The van der Waals surface area contributed by atoms with Gasteiger partial charge in [-0.15, -0.1) is 0 Å². The molecule has 0 saturated heterocycles. The van der Waals surface area contributed by atoms with Crippen LogP contribution in [0.4, 0.5) is 27.6 Å². The summed E-state index contributed by atoms with van der Waals surface area (Å²) in [6.45, 7) is 3.19. The van der Waals surface area contributed by atoms with Gasteiger partial charge in [0.1, 0.15) is 11.4 Å². The van der Waals surface area contributed by atoms with Gasteiger partial charge in [0, 0.05) is 0 Å². The lowest BCUT2D eigenvalue weighted by Crippen LogP contribution is -2.34. The molecule has 0 aliphatic heterocycles. The summed E-state index contributed by atoms with van der Waals surface area (Å²) < 4.78 is 71.0. The summed E-state index contributed by atoms with van der Waals surface area (Å²) in [5.41, 5.74) is 4.05. The minimum atomic E-state index is -2.29. The molecule has 0 heterocycles.